The van der Waals surface area contributed by atoms with Gasteiger partial charge in [0.2, 0.25) is 0 Å². The fraction of sp³-hybridized carbons (Fsp3) is 0.619. The third-order valence-electron chi connectivity index (χ3n) is 6.42. The van der Waals surface area contributed by atoms with E-state index in [1.165, 1.54) is 51.6 Å². The number of halogens is 4. The molecule has 1 aromatic carbocycles. The van der Waals surface area contributed by atoms with Crippen molar-refractivity contribution in [1.29, 1.82) is 0 Å². The van der Waals surface area contributed by atoms with Gasteiger partial charge in [-0.25, -0.2) is 4.79 Å². The zero-order chi connectivity index (χ0) is 21.9. The number of carboxylic acids is 1. The van der Waals surface area contributed by atoms with Crippen LogP contribution >= 0.6 is 11.6 Å². The largest absolute Gasteiger partial charge is 0.490 e. The van der Waals surface area contributed by atoms with Crippen molar-refractivity contribution in [2.24, 2.45) is 5.41 Å². The first-order chi connectivity index (χ1) is 14.1. The number of carbonyl (C=O) groups excluding carboxylic acids is 1. The van der Waals surface area contributed by atoms with E-state index in [-0.39, 0.29) is 5.91 Å². The van der Waals surface area contributed by atoms with Gasteiger partial charge in [0.1, 0.15) is 0 Å². The Labute approximate surface area is 178 Å². The van der Waals surface area contributed by atoms with Crippen LogP contribution in [0.25, 0.3) is 0 Å². The van der Waals surface area contributed by atoms with Gasteiger partial charge in [-0.05, 0) is 75.2 Å². The van der Waals surface area contributed by atoms with Crippen molar-refractivity contribution in [3.8, 4) is 0 Å². The van der Waals surface area contributed by atoms with Gasteiger partial charge in [0.15, 0.2) is 0 Å². The Morgan fingerprint density at radius 3 is 2.13 bits per heavy atom. The molecule has 3 fully saturated rings. The molecule has 3 aliphatic rings. The van der Waals surface area contributed by atoms with Crippen molar-refractivity contribution in [2.75, 3.05) is 26.2 Å². The zero-order valence-electron chi connectivity index (χ0n) is 16.6. The van der Waals surface area contributed by atoms with Crippen LogP contribution in [-0.4, -0.2) is 65.2 Å². The Balaban J connectivity index is 0.000000318. The van der Waals surface area contributed by atoms with Crippen LogP contribution in [0.2, 0.25) is 5.02 Å². The molecule has 30 heavy (non-hydrogen) atoms. The number of likely N-dealkylation sites (tertiary alicyclic amines) is 2. The van der Waals surface area contributed by atoms with Crippen LogP contribution in [0.3, 0.4) is 0 Å². The van der Waals surface area contributed by atoms with Gasteiger partial charge >= 0.3 is 12.1 Å². The van der Waals surface area contributed by atoms with Crippen molar-refractivity contribution >= 4 is 23.5 Å². The molecule has 1 aromatic rings. The molecule has 0 radical (unpaired) electrons. The average molecular weight is 447 g/mol. The van der Waals surface area contributed by atoms with Gasteiger partial charge in [-0.3, -0.25) is 4.79 Å². The lowest BCUT2D eigenvalue weighted by Crippen LogP contribution is -2.55. The van der Waals surface area contributed by atoms with E-state index in [1.54, 1.807) is 6.07 Å². The van der Waals surface area contributed by atoms with Gasteiger partial charge in [-0.15, -0.1) is 0 Å². The van der Waals surface area contributed by atoms with Gasteiger partial charge in [0.25, 0.3) is 5.91 Å². The van der Waals surface area contributed by atoms with Crippen LogP contribution in [0, 0.1) is 5.41 Å². The number of hydrogen-bond acceptors (Lipinski definition) is 3. The van der Waals surface area contributed by atoms with E-state index in [0.29, 0.717) is 10.4 Å². The molecule has 0 aromatic heterocycles. The van der Waals surface area contributed by atoms with Crippen LogP contribution in [-0.2, 0) is 4.79 Å². The summed E-state index contributed by atoms with van der Waals surface area (Å²) in [5.74, 6) is -2.62. The summed E-state index contributed by atoms with van der Waals surface area (Å²) in [6.07, 6.45) is 2.72. The highest BCUT2D eigenvalue weighted by molar-refractivity contribution is 6.30. The number of rotatable bonds is 2. The summed E-state index contributed by atoms with van der Waals surface area (Å²) in [4.78, 5) is 26.2. The van der Waals surface area contributed by atoms with Crippen LogP contribution in [0.5, 0.6) is 0 Å². The normalized spacial score (nSPS) is 21.7. The van der Waals surface area contributed by atoms with Crippen molar-refractivity contribution < 1.29 is 27.9 Å². The summed E-state index contributed by atoms with van der Waals surface area (Å²) in [7, 11) is 0. The first kappa shape index (κ1) is 22.9. The van der Waals surface area contributed by atoms with E-state index in [0.717, 1.165) is 24.7 Å². The van der Waals surface area contributed by atoms with Crippen molar-refractivity contribution in [3.63, 3.8) is 0 Å². The molecular formula is C21H26ClF3N2O3. The minimum absolute atomic E-state index is 0.137. The van der Waals surface area contributed by atoms with Crippen LogP contribution in [0.1, 0.15) is 48.9 Å². The molecular weight excluding hydrogens is 421 g/mol. The summed E-state index contributed by atoms with van der Waals surface area (Å²) < 4.78 is 31.7. The highest BCUT2D eigenvalue weighted by atomic mass is 35.5. The topological polar surface area (TPSA) is 60.9 Å². The fourth-order valence-corrected chi connectivity index (χ4v) is 4.89. The Hall–Kier alpha value is -1.80. The second-order valence-corrected chi connectivity index (χ2v) is 8.85. The smallest absolute Gasteiger partial charge is 0.475 e. The molecule has 1 N–H and O–H groups in total. The zero-order valence-corrected chi connectivity index (χ0v) is 17.4. The predicted molar refractivity (Wildman–Crippen MR) is 107 cm³/mol. The molecule has 1 aliphatic carbocycles. The predicted octanol–water partition coefficient (Wildman–Crippen LogP) is 4.45. The van der Waals surface area contributed by atoms with E-state index in [1.807, 2.05) is 23.1 Å². The molecule has 0 bridgehead atoms. The van der Waals surface area contributed by atoms with Gasteiger partial charge in [-0.2, -0.15) is 13.2 Å². The Bertz CT molecular complexity index is 765. The molecule has 1 amide bonds. The number of carboxylic acid groups (broad SMARTS) is 1. The molecule has 0 atom stereocenters. The van der Waals surface area contributed by atoms with E-state index >= 15 is 0 Å². The minimum Gasteiger partial charge on any atom is -0.475 e. The number of aliphatic carboxylic acids is 1. The van der Waals surface area contributed by atoms with E-state index in [9.17, 15) is 18.0 Å². The third-order valence-corrected chi connectivity index (χ3v) is 6.65. The molecule has 166 valence electrons. The van der Waals surface area contributed by atoms with Gasteiger partial charge in [0.05, 0.1) is 0 Å². The number of benzene rings is 1. The lowest BCUT2D eigenvalue weighted by atomic mass is 9.60. The second kappa shape index (κ2) is 9.14. The SMILES string of the molecule is O=C(O)C(F)(F)F.O=C(c1cccc(Cl)c1)N1CCC2(CC1)CC(N1CCCC1)C2. The first-order valence-corrected chi connectivity index (χ1v) is 10.6. The third kappa shape index (κ3) is 5.46. The lowest BCUT2D eigenvalue weighted by Gasteiger charge is -2.54. The van der Waals surface area contributed by atoms with Gasteiger partial charge < -0.3 is 14.9 Å². The Morgan fingerprint density at radius 1 is 1.07 bits per heavy atom. The average Bonchev–Trinajstić information content (AvgIpc) is 3.20. The molecule has 1 spiro atoms. The maximum absolute atomic E-state index is 12.6. The van der Waals surface area contributed by atoms with Crippen molar-refractivity contribution in [1.82, 2.24) is 9.80 Å². The lowest BCUT2D eigenvalue weighted by molar-refractivity contribution is -0.192. The highest BCUT2D eigenvalue weighted by Gasteiger charge is 2.48. The van der Waals surface area contributed by atoms with Crippen molar-refractivity contribution in [2.45, 2.75) is 50.7 Å². The second-order valence-electron chi connectivity index (χ2n) is 8.41. The maximum atomic E-state index is 12.6. The first-order valence-electron chi connectivity index (χ1n) is 10.2. The minimum atomic E-state index is -5.08. The monoisotopic (exact) mass is 446 g/mol. The number of amides is 1. The van der Waals surface area contributed by atoms with Crippen LogP contribution < -0.4 is 0 Å². The summed E-state index contributed by atoms with van der Waals surface area (Å²) in [5, 5.41) is 7.76. The molecule has 4 rings (SSSR count). The molecule has 1 saturated carbocycles. The van der Waals surface area contributed by atoms with Crippen molar-refractivity contribution in [3.05, 3.63) is 34.9 Å². The van der Waals surface area contributed by atoms with E-state index in [4.69, 9.17) is 21.5 Å². The van der Waals surface area contributed by atoms with E-state index in [2.05, 4.69) is 4.90 Å². The van der Waals surface area contributed by atoms with Crippen LogP contribution in [0.15, 0.2) is 24.3 Å². The Kier molecular flexibility index (Phi) is 6.97. The number of carbonyl (C=O) groups is 2. The summed E-state index contributed by atoms with van der Waals surface area (Å²) in [6.45, 7) is 4.41. The fourth-order valence-electron chi connectivity index (χ4n) is 4.70. The summed E-state index contributed by atoms with van der Waals surface area (Å²) in [5.41, 5.74) is 1.25. The molecule has 9 heteroatoms. The molecule has 5 nitrogen and oxygen atoms in total. The van der Waals surface area contributed by atoms with Crippen LogP contribution in [0.4, 0.5) is 13.2 Å². The quantitative estimate of drug-likeness (QED) is 0.729. The summed E-state index contributed by atoms with van der Waals surface area (Å²) >= 11 is 6.01. The number of piperidine rings is 1. The molecule has 2 saturated heterocycles. The maximum Gasteiger partial charge on any atom is 0.490 e. The van der Waals surface area contributed by atoms with E-state index < -0.39 is 12.1 Å². The highest BCUT2D eigenvalue weighted by Crippen LogP contribution is 2.51. The Morgan fingerprint density at radius 2 is 1.63 bits per heavy atom. The molecule has 0 unspecified atom stereocenters. The standard InChI is InChI=1S/C19H25ClN2O.C2HF3O2/c20-16-5-3-4-15(12-16)18(23)22-10-6-19(7-11-22)13-17(14-19)21-8-1-2-9-21;3-2(4,5)1(6)7/h3-5,12,17H,1-2,6-11,13-14H2;(H,6,7). The van der Waals surface area contributed by atoms with Gasteiger partial charge in [-0.1, -0.05) is 17.7 Å². The molecule has 2 heterocycles. The number of nitrogens with zero attached hydrogens (tertiary/aromatic N) is 2. The number of alkyl halides is 3. The van der Waals surface area contributed by atoms with Gasteiger partial charge in [0, 0.05) is 29.7 Å². The molecule has 2 aliphatic heterocycles. The summed E-state index contributed by atoms with van der Waals surface area (Å²) in [6, 6.07) is 8.14. The number of hydrogen-bond donors (Lipinski definition) is 1.